The number of para-hydroxylation sites is 1. The van der Waals surface area contributed by atoms with E-state index >= 15 is 0 Å². The molecule has 2 heterocycles. The van der Waals surface area contributed by atoms with Crippen LogP contribution < -0.4 is 15.0 Å². The van der Waals surface area contributed by atoms with E-state index in [-0.39, 0.29) is 0 Å². The number of anilines is 2. The summed E-state index contributed by atoms with van der Waals surface area (Å²) in [6, 6.07) is 16.1. The van der Waals surface area contributed by atoms with Crippen molar-refractivity contribution in [1.29, 1.82) is 0 Å². The number of morpholine rings is 1. The van der Waals surface area contributed by atoms with Crippen LogP contribution >= 0.6 is 0 Å². The van der Waals surface area contributed by atoms with Crippen molar-refractivity contribution in [2.45, 2.75) is 6.54 Å². The molecule has 0 amide bonds. The van der Waals surface area contributed by atoms with E-state index in [0.29, 0.717) is 19.8 Å². The molecule has 3 aromatic rings. The Morgan fingerprint density at radius 1 is 1.08 bits per heavy atom. The number of aromatic nitrogens is 2. The fourth-order valence-corrected chi connectivity index (χ4v) is 3.07. The second kappa shape index (κ2) is 7.58. The Bertz CT molecular complexity index is 894. The van der Waals surface area contributed by atoms with E-state index in [2.05, 4.69) is 16.3 Å². The molecule has 1 aliphatic heterocycles. The number of rotatable bonds is 5. The van der Waals surface area contributed by atoms with Crippen LogP contribution in [0.4, 0.5) is 11.8 Å². The minimum absolute atomic E-state index is 0.667. The van der Waals surface area contributed by atoms with Gasteiger partial charge in [-0.1, -0.05) is 24.3 Å². The highest BCUT2D eigenvalue weighted by Gasteiger charge is 2.16. The Morgan fingerprint density at radius 3 is 2.77 bits per heavy atom. The molecule has 0 radical (unpaired) electrons. The Kier molecular flexibility index (Phi) is 4.84. The van der Waals surface area contributed by atoms with Gasteiger partial charge in [-0.15, -0.1) is 0 Å². The molecular weight excluding hydrogens is 328 g/mol. The van der Waals surface area contributed by atoms with Crippen molar-refractivity contribution in [1.82, 2.24) is 9.97 Å². The molecule has 26 heavy (non-hydrogen) atoms. The van der Waals surface area contributed by atoms with Gasteiger partial charge in [-0.3, -0.25) is 0 Å². The number of fused-ring (bicyclic) bond motifs is 1. The topological polar surface area (TPSA) is 59.5 Å². The first-order chi connectivity index (χ1) is 12.8. The number of methoxy groups -OCH3 is 1. The molecule has 1 N–H and O–H groups in total. The van der Waals surface area contributed by atoms with E-state index < -0.39 is 0 Å². The number of nitrogens with one attached hydrogen (secondary N) is 1. The standard InChI is InChI=1S/C20H22N4O2/c1-25-16-6-4-5-15(13-16)14-21-19-17-7-2-3-8-18(17)22-20(23-19)24-9-11-26-12-10-24/h2-8,13H,9-12,14H2,1H3,(H,21,22,23). The zero-order valence-electron chi connectivity index (χ0n) is 14.8. The van der Waals surface area contributed by atoms with Gasteiger partial charge in [0.05, 0.1) is 25.8 Å². The molecule has 1 aromatic heterocycles. The molecule has 134 valence electrons. The van der Waals surface area contributed by atoms with Gasteiger partial charge in [0.25, 0.3) is 0 Å². The van der Waals surface area contributed by atoms with E-state index in [9.17, 15) is 0 Å². The highest BCUT2D eigenvalue weighted by Crippen LogP contribution is 2.24. The molecule has 1 aliphatic rings. The summed E-state index contributed by atoms with van der Waals surface area (Å²) >= 11 is 0. The van der Waals surface area contributed by atoms with Crippen molar-refractivity contribution in [3.8, 4) is 5.75 Å². The first kappa shape index (κ1) is 16.6. The van der Waals surface area contributed by atoms with Crippen LogP contribution in [0.3, 0.4) is 0 Å². The van der Waals surface area contributed by atoms with Crippen LogP contribution in [0.5, 0.6) is 5.75 Å². The zero-order valence-corrected chi connectivity index (χ0v) is 14.8. The maximum absolute atomic E-state index is 5.44. The Labute approximate surface area is 152 Å². The van der Waals surface area contributed by atoms with Crippen molar-refractivity contribution in [3.05, 3.63) is 54.1 Å². The summed E-state index contributed by atoms with van der Waals surface area (Å²) in [6.45, 7) is 3.72. The van der Waals surface area contributed by atoms with Crippen LogP contribution in [0.15, 0.2) is 48.5 Å². The highest BCUT2D eigenvalue weighted by atomic mass is 16.5. The van der Waals surface area contributed by atoms with Crippen LogP contribution in [0.1, 0.15) is 5.56 Å². The van der Waals surface area contributed by atoms with Crippen LogP contribution in [0.25, 0.3) is 10.9 Å². The van der Waals surface area contributed by atoms with Gasteiger partial charge in [0.2, 0.25) is 5.95 Å². The van der Waals surface area contributed by atoms with E-state index in [1.165, 1.54) is 0 Å². The minimum atomic E-state index is 0.667. The number of hydrogen-bond acceptors (Lipinski definition) is 6. The van der Waals surface area contributed by atoms with Crippen molar-refractivity contribution in [3.63, 3.8) is 0 Å². The Hall–Kier alpha value is -2.86. The second-order valence-corrected chi connectivity index (χ2v) is 6.19. The third-order valence-electron chi connectivity index (χ3n) is 4.48. The van der Waals surface area contributed by atoms with Gasteiger partial charge < -0.3 is 19.7 Å². The molecule has 0 saturated carbocycles. The normalized spacial score (nSPS) is 14.4. The van der Waals surface area contributed by atoms with Crippen LogP contribution in [0.2, 0.25) is 0 Å². The summed E-state index contributed by atoms with van der Waals surface area (Å²) in [6.07, 6.45) is 0. The third-order valence-corrected chi connectivity index (χ3v) is 4.48. The third kappa shape index (κ3) is 3.55. The molecule has 0 spiro atoms. The number of nitrogens with zero attached hydrogens (tertiary/aromatic N) is 3. The Balaban J connectivity index is 1.63. The number of benzene rings is 2. The van der Waals surface area contributed by atoms with Gasteiger partial charge in [-0.2, -0.15) is 4.98 Å². The van der Waals surface area contributed by atoms with Crippen molar-refractivity contribution < 1.29 is 9.47 Å². The SMILES string of the molecule is COc1cccc(CNc2nc(N3CCOCC3)nc3ccccc23)c1. The van der Waals surface area contributed by atoms with E-state index in [0.717, 1.165) is 47.1 Å². The van der Waals surface area contributed by atoms with E-state index in [1.54, 1.807) is 7.11 Å². The molecule has 6 nitrogen and oxygen atoms in total. The number of ether oxygens (including phenoxy) is 2. The molecule has 0 atom stereocenters. The molecule has 0 aliphatic carbocycles. The summed E-state index contributed by atoms with van der Waals surface area (Å²) in [5, 5.41) is 4.49. The zero-order chi connectivity index (χ0) is 17.8. The van der Waals surface area contributed by atoms with Gasteiger partial charge in [0.1, 0.15) is 11.6 Å². The van der Waals surface area contributed by atoms with E-state index in [4.69, 9.17) is 19.4 Å². The summed E-state index contributed by atoms with van der Waals surface area (Å²) in [7, 11) is 1.68. The first-order valence-corrected chi connectivity index (χ1v) is 8.80. The fraction of sp³-hybridized carbons (Fsp3) is 0.300. The quantitative estimate of drug-likeness (QED) is 0.763. The summed E-state index contributed by atoms with van der Waals surface area (Å²) in [5.74, 6) is 2.45. The summed E-state index contributed by atoms with van der Waals surface area (Å²) < 4.78 is 10.7. The smallest absolute Gasteiger partial charge is 0.228 e. The van der Waals surface area contributed by atoms with Gasteiger partial charge in [0, 0.05) is 25.0 Å². The lowest BCUT2D eigenvalue weighted by Crippen LogP contribution is -2.37. The monoisotopic (exact) mass is 350 g/mol. The first-order valence-electron chi connectivity index (χ1n) is 8.80. The van der Waals surface area contributed by atoms with Gasteiger partial charge in [-0.05, 0) is 29.8 Å². The van der Waals surface area contributed by atoms with Crippen molar-refractivity contribution in [2.75, 3.05) is 43.6 Å². The van der Waals surface area contributed by atoms with Gasteiger partial charge >= 0.3 is 0 Å². The average molecular weight is 350 g/mol. The molecule has 0 bridgehead atoms. The molecule has 2 aromatic carbocycles. The Morgan fingerprint density at radius 2 is 1.92 bits per heavy atom. The van der Waals surface area contributed by atoms with Crippen molar-refractivity contribution >= 4 is 22.7 Å². The summed E-state index contributed by atoms with van der Waals surface area (Å²) in [5.41, 5.74) is 2.08. The molecule has 1 fully saturated rings. The van der Waals surface area contributed by atoms with Crippen LogP contribution in [0, 0.1) is 0 Å². The lowest BCUT2D eigenvalue weighted by Gasteiger charge is -2.27. The maximum Gasteiger partial charge on any atom is 0.228 e. The summed E-state index contributed by atoms with van der Waals surface area (Å²) in [4.78, 5) is 11.7. The molecule has 6 heteroatoms. The lowest BCUT2D eigenvalue weighted by molar-refractivity contribution is 0.122. The lowest BCUT2D eigenvalue weighted by atomic mass is 10.2. The number of hydrogen-bond donors (Lipinski definition) is 1. The van der Waals surface area contributed by atoms with Crippen LogP contribution in [-0.4, -0.2) is 43.4 Å². The van der Waals surface area contributed by atoms with Crippen LogP contribution in [-0.2, 0) is 11.3 Å². The molecular formula is C20H22N4O2. The molecule has 1 saturated heterocycles. The predicted molar refractivity (Wildman–Crippen MR) is 103 cm³/mol. The van der Waals surface area contributed by atoms with Gasteiger partial charge in [0.15, 0.2) is 0 Å². The largest absolute Gasteiger partial charge is 0.497 e. The predicted octanol–water partition coefficient (Wildman–Crippen LogP) is 3.09. The highest BCUT2D eigenvalue weighted by molar-refractivity contribution is 5.90. The average Bonchev–Trinajstić information content (AvgIpc) is 2.72. The fourth-order valence-electron chi connectivity index (χ4n) is 3.07. The molecule has 4 rings (SSSR count). The van der Waals surface area contributed by atoms with Gasteiger partial charge in [-0.25, -0.2) is 4.98 Å². The minimum Gasteiger partial charge on any atom is -0.497 e. The second-order valence-electron chi connectivity index (χ2n) is 6.19. The van der Waals surface area contributed by atoms with E-state index in [1.807, 2.05) is 42.5 Å². The van der Waals surface area contributed by atoms with Crippen molar-refractivity contribution in [2.24, 2.45) is 0 Å². The maximum atomic E-state index is 5.44. The molecule has 0 unspecified atom stereocenters.